The van der Waals surface area contributed by atoms with Crippen molar-refractivity contribution < 1.29 is 22.7 Å². The van der Waals surface area contributed by atoms with Gasteiger partial charge in [0.25, 0.3) is 15.9 Å². The second kappa shape index (κ2) is 9.83. The van der Waals surface area contributed by atoms with Gasteiger partial charge in [0.05, 0.1) is 17.3 Å². The number of anilines is 1. The van der Waals surface area contributed by atoms with E-state index >= 15 is 0 Å². The molecule has 1 saturated carbocycles. The lowest BCUT2D eigenvalue weighted by atomic mass is 9.83. The molecular weight excluding hydrogens is 430 g/mol. The van der Waals surface area contributed by atoms with E-state index in [4.69, 9.17) is 4.74 Å². The molecule has 0 bridgehead atoms. The number of hydrogen-bond donors (Lipinski definition) is 1. The third-order valence-electron chi connectivity index (χ3n) is 5.50. The largest absolute Gasteiger partial charge is 0.452 e. The highest BCUT2D eigenvalue weighted by Crippen LogP contribution is 2.28. The second-order valence-electron chi connectivity index (χ2n) is 7.68. The number of amides is 1. The SMILES string of the molecule is CN(c1ccccc1)S(=O)(=O)c1ccccc1C(=O)OCC(=O)NC1(C#N)CCCCC1. The van der Waals surface area contributed by atoms with Crippen LogP contribution in [0.15, 0.2) is 59.5 Å². The summed E-state index contributed by atoms with van der Waals surface area (Å²) in [5, 5.41) is 12.1. The van der Waals surface area contributed by atoms with E-state index in [2.05, 4.69) is 11.4 Å². The highest BCUT2D eigenvalue weighted by molar-refractivity contribution is 7.92. The van der Waals surface area contributed by atoms with E-state index in [0.717, 1.165) is 23.6 Å². The zero-order valence-electron chi connectivity index (χ0n) is 17.8. The summed E-state index contributed by atoms with van der Waals surface area (Å²) in [7, 11) is -2.66. The molecule has 1 aliphatic rings. The van der Waals surface area contributed by atoms with Crippen molar-refractivity contribution in [2.45, 2.75) is 42.5 Å². The van der Waals surface area contributed by atoms with Crippen molar-refractivity contribution in [3.63, 3.8) is 0 Å². The molecule has 1 fully saturated rings. The number of rotatable bonds is 7. The molecule has 0 atom stereocenters. The van der Waals surface area contributed by atoms with Crippen LogP contribution in [0.1, 0.15) is 42.5 Å². The molecule has 0 radical (unpaired) electrons. The zero-order valence-corrected chi connectivity index (χ0v) is 18.6. The molecule has 0 spiro atoms. The molecule has 0 unspecified atom stereocenters. The molecule has 0 saturated heterocycles. The van der Waals surface area contributed by atoms with Crippen LogP contribution in [-0.2, 0) is 19.6 Å². The number of nitrogens with zero attached hydrogens (tertiary/aromatic N) is 2. The van der Waals surface area contributed by atoms with E-state index in [9.17, 15) is 23.3 Å². The fraction of sp³-hybridized carbons (Fsp3) is 0.348. The fourth-order valence-corrected chi connectivity index (χ4v) is 5.09. The Balaban J connectivity index is 1.73. The average molecular weight is 456 g/mol. The minimum Gasteiger partial charge on any atom is -0.452 e. The maximum absolute atomic E-state index is 13.1. The first-order chi connectivity index (χ1) is 15.3. The molecule has 0 aromatic heterocycles. The summed E-state index contributed by atoms with van der Waals surface area (Å²) in [6, 6.07) is 16.3. The van der Waals surface area contributed by atoms with Crippen LogP contribution >= 0.6 is 0 Å². The number of benzene rings is 2. The summed E-state index contributed by atoms with van der Waals surface area (Å²) >= 11 is 0. The first kappa shape index (κ1) is 23.3. The average Bonchev–Trinajstić information content (AvgIpc) is 2.83. The monoisotopic (exact) mass is 455 g/mol. The lowest BCUT2D eigenvalue weighted by Gasteiger charge is -2.31. The van der Waals surface area contributed by atoms with Gasteiger partial charge in [0, 0.05) is 7.05 Å². The molecule has 0 heterocycles. The van der Waals surface area contributed by atoms with Crippen LogP contribution in [0, 0.1) is 11.3 Å². The number of nitrogens with one attached hydrogen (secondary N) is 1. The quantitative estimate of drug-likeness (QED) is 0.642. The minimum absolute atomic E-state index is 0.171. The molecule has 1 amide bonds. The summed E-state index contributed by atoms with van der Waals surface area (Å²) in [5.74, 6) is -1.53. The maximum atomic E-state index is 13.1. The lowest BCUT2D eigenvalue weighted by molar-refractivity contribution is -0.125. The Morgan fingerprint density at radius 3 is 2.34 bits per heavy atom. The third kappa shape index (κ3) is 5.08. The zero-order chi connectivity index (χ0) is 23.2. The van der Waals surface area contributed by atoms with Crippen LogP contribution in [-0.4, -0.2) is 39.5 Å². The predicted molar refractivity (Wildman–Crippen MR) is 118 cm³/mol. The Morgan fingerprint density at radius 1 is 1.06 bits per heavy atom. The van der Waals surface area contributed by atoms with Gasteiger partial charge in [-0.2, -0.15) is 5.26 Å². The minimum atomic E-state index is -4.05. The lowest BCUT2D eigenvalue weighted by Crippen LogP contribution is -2.50. The molecule has 2 aromatic carbocycles. The normalized spacial score (nSPS) is 15.2. The molecule has 0 aliphatic heterocycles. The van der Waals surface area contributed by atoms with E-state index in [0.29, 0.717) is 18.5 Å². The van der Waals surface area contributed by atoms with Crippen molar-refractivity contribution >= 4 is 27.6 Å². The predicted octanol–water partition coefficient (Wildman–Crippen LogP) is 3.01. The van der Waals surface area contributed by atoms with Gasteiger partial charge in [0.15, 0.2) is 6.61 Å². The van der Waals surface area contributed by atoms with E-state index in [-0.39, 0.29) is 10.5 Å². The Labute approximate surface area is 187 Å². The van der Waals surface area contributed by atoms with Crippen molar-refractivity contribution in [3.8, 4) is 6.07 Å². The summed E-state index contributed by atoms with van der Waals surface area (Å²) in [6.45, 7) is -0.606. The number of esters is 1. The van der Waals surface area contributed by atoms with Crippen molar-refractivity contribution in [1.82, 2.24) is 5.32 Å². The fourth-order valence-electron chi connectivity index (χ4n) is 3.72. The van der Waals surface area contributed by atoms with E-state index in [1.807, 2.05) is 0 Å². The van der Waals surface area contributed by atoms with Gasteiger partial charge in [-0.1, -0.05) is 49.6 Å². The van der Waals surface area contributed by atoms with Gasteiger partial charge < -0.3 is 10.1 Å². The summed E-state index contributed by atoms with van der Waals surface area (Å²) < 4.78 is 32.5. The molecule has 8 nitrogen and oxygen atoms in total. The Hall–Kier alpha value is -3.38. The van der Waals surface area contributed by atoms with Gasteiger partial charge in [-0.15, -0.1) is 0 Å². The standard InChI is InChI=1S/C23H25N3O5S/c1-26(18-10-4-2-5-11-18)32(29,30)20-13-7-6-12-19(20)22(28)31-16-21(27)25-23(17-24)14-8-3-9-15-23/h2,4-7,10-13H,3,8-9,14-16H2,1H3,(H,25,27). The Kier molecular flexibility index (Phi) is 7.15. The van der Waals surface area contributed by atoms with Crippen LogP contribution in [0.2, 0.25) is 0 Å². The summed E-state index contributed by atoms with van der Waals surface area (Å²) in [4.78, 5) is 24.8. The number of ether oxygens (including phenoxy) is 1. The molecular formula is C23H25N3O5S. The van der Waals surface area contributed by atoms with Crippen LogP contribution in [0.4, 0.5) is 5.69 Å². The molecule has 1 aliphatic carbocycles. The van der Waals surface area contributed by atoms with E-state index in [1.54, 1.807) is 30.3 Å². The molecule has 9 heteroatoms. The number of hydrogen-bond acceptors (Lipinski definition) is 6. The smallest absolute Gasteiger partial charge is 0.340 e. The molecule has 2 aromatic rings. The number of carbonyl (C=O) groups is 2. The topological polar surface area (TPSA) is 117 Å². The Bertz CT molecular complexity index is 1120. The highest BCUT2D eigenvalue weighted by atomic mass is 32.2. The first-order valence-corrected chi connectivity index (χ1v) is 11.8. The van der Waals surface area contributed by atoms with Gasteiger partial charge in [-0.05, 0) is 37.1 Å². The van der Waals surface area contributed by atoms with Gasteiger partial charge in [0.2, 0.25) is 0 Å². The molecule has 168 valence electrons. The van der Waals surface area contributed by atoms with Gasteiger partial charge in [0.1, 0.15) is 10.4 Å². The number of para-hydroxylation sites is 1. The van der Waals surface area contributed by atoms with E-state index < -0.39 is 34.0 Å². The molecule has 1 N–H and O–H groups in total. The highest BCUT2D eigenvalue weighted by Gasteiger charge is 2.34. The Morgan fingerprint density at radius 2 is 1.69 bits per heavy atom. The van der Waals surface area contributed by atoms with Gasteiger partial charge in [-0.25, -0.2) is 13.2 Å². The molecule has 3 rings (SSSR count). The summed E-state index contributed by atoms with van der Waals surface area (Å²) in [6.07, 6.45) is 3.80. The van der Waals surface area contributed by atoms with Crippen molar-refractivity contribution in [1.29, 1.82) is 5.26 Å². The number of sulfonamides is 1. The second-order valence-corrected chi connectivity index (χ2v) is 9.62. The van der Waals surface area contributed by atoms with Crippen LogP contribution in [0.5, 0.6) is 0 Å². The van der Waals surface area contributed by atoms with E-state index in [1.165, 1.54) is 31.3 Å². The van der Waals surface area contributed by atoms with Crippen LogP contribution in [0.25, 0.3) is 0 Å². The van der Waals surface area contributed by atoms with Gasteiger partial charge >= 0.3 is 5.97 Å². The van der Waals surface area contributed by atoms with Crippen LogP contribution in [0.3, 0.4) is 0 Å². The summed E-state index contributed by atoms with van der Waals surface area (Å²) in [5.41, 5.74) is -0.679. The van der Waals surface area contributed by atoms with Crippen LogP contribution < -0.4 is 9.62 Å². The van der Waals surface area contributed by atoms with Gasteiger partial charge in [-0.3, -0.25) is 9.10 Å². The first-order valence-electron chi connectivity index (χ1n) is 10.3. The van der Waals surface area contributed by atoms with Crippen molar-refractivity contribution in [3.05, 3.63) is 60.2 Å². The number of carbonyl (C=O) groups excluding carboxylic acids is 2. The maximum Gasteiger partial charge on any atom is 0.340 e. The third-order valence-corrected chi connectivity index (χ3v) is 7.34. The van der Waals surface area contributed by atoms with Crippen molar-refractivity contribution in [2.75, 3.05) is 18.0 Å². The number of nitriles is 1. The molecule has 32 heavy (non-hydrogen) atoms. The van der Waals surface area contributed by atoms with Crippen molar-refractivity contribution in [2.24, 2.45) is 0 Å².